The molecule has 4 N–H and O–H groups in total. The van der Waals surface area contributed by atoms with Crippen LogP contribution in [0.4, 0.5) is 10.1 Å². The molecule has 0 saturated carbocycles. The van der Waals surface area contributed by atoms with Crippen LogP contribution < -0.4 is 5.73 Å². The van der Waals surface area contributed by atoms with Crippen LogP contribution in [-0.2, 0) is 10.0 Å². The maximum atomic E-state index is 13.8. The topological polar surface area (TPSA) is 104 Å². The largest absolute Gasteiger partial charge is 0.398 e. The number of hydrogen-bond donors (Lipinski definition) is 3. The van der Waals surface area contributed by atoms with Crippen molar-refractivity contribution < 1.29 is 23.0 Å². The lowest BCUT2D eigenvalue weighted by atomic mass is 10.3. The zero-order chi connectivity index (χ0) is 14.4. The zero-order valence-corrected chi connectivity index (χ0v) is 12.0. The van der Waals surface area contributed by atoms with E-state index in [4.69, 9.17) is 5.73 Å². The van der Waals surface area contributed by atoms with Crippen molar-refractivity contribution in [1.82, 2.24) is 4.31 Å². The summed E-state index contributed by atoms with van der Waals surface area (Å²) in [6.45, 7) is -0.558. The van der Waals surface area contributed by atoms with Gasteiger partial charge in [0.1, 0.15) is 10.7 Å². The number of benzene rings is 1. The van der Waals surface area contributed by atoms with Gasteiger partial charge in [-0.1, -0.05) is 0 Å². The highest BCUT2D eigenvalue weighted by atomic mass is 79.9. The van der Waals surface area contributed by atoms with E-state index in [1.807, 2.05) is 0 Å². The summed E-state index contributed by atoms with van der Waals surface area (Å²) < 4.78 is 39.2. The molecule has 1 saturated heterocycles. The van der Waals surface area contributed by atoms with Crippen molar-refractivity contribution in [2.75, 3.05) is 18.8 Å². The van der Waals surface area contributed by atoms with E-state index in [2.05, 4.69) is 15.9 Å². The summed E-state index contributed by atoms with van der Waals surface area (Å²) in [5, 5.41) is 18.7. The van der Waals surface area contributed by atoms with Crippen LogP contribution in [0.1, 0.15) is 0 Å². The maximum Gasteiger partial charge on any atom is 0.246 e. The van der Waals surface area contributed by atoms with E-state index in [0.29, 0.717) is 0 Å². The second kappa shape index (κ2) is 4.98. The molecule has 0 bridgehead atoms. The third-order valence-electron chi connectivity index (χ3n) is 2.89. The van der Waals surface area contributed by atoms with E-state index >= 15 is 0 Å². The van der Waals surface area contributed by atoms with Gasteiger partial charge in [0, 0.05) is 23.2 Å². The van der Waals surface area contributed by atoms with Crippen molar-refractivity contribution in [3.05, 3.63) is 22.4 Å². The van der Waals surface area contributed by atoms with Gasteiger partial charge < -0.3 is 15.9 Å². The Morgan fingerprint density at radius 3 is 2.37 bits per heavy atom. The van der Waals surface area contributed by atoms with E-state index in [1.54, 1.807) is 0 Å². The lowest BCUT2D eigenvalue weighted by Crippen LogP contribution is -2.30. The Bertz CT molecular complexity index is 600. The summed E-state index contributed by atoms with van der Waals surface area (Å²) in [5.74, 6) is -0.947. The van der Waals surface area contributed by atoms with Gasteiger partial charge in [-0.3, -0.25) is 0 Å². The number of aliphatic hydroxyl groups excluding tert-OH is 2. The summed E-state index contributed by atoms with van der Waals surface area (Å²) in [6.07, 6.45) is -2.35. The van der Waals surface area contributed by atoms with Crippen LogP contribution >= 0.6 is 15.9 Å². The predicted octanol–water partition coefficient (Wildman–Crippen LogP) is -0.103. The first-order valence-corrected chi connectivity index (χ1v) is 7.57. The smallest absolute Gasteiger partial charge is 0.246 e. The minimum absolute atomic E-state index is 0.0836. The summed E-state index contributed by atoms with van der Waals surface area (Å²) in [6, 6.07) is 1.97. The first-order chi connectivity index (χ1) is 8.73. The van der Waals surface area contributed by atoms with Crippen molar-refractivity contribution >= 4 is 31.6 Å². The van der Waals surface area contributed by atoms with Crippen molar-refractivity contribution in [2.45, 2.75) is 17.1 Å². The number of rotatable bonds is 2. The number of nitrogen functional groups attached to an aromatic ring is 1. The predicted molar refractivity (Wildman–Crippen MR) is 69.3 cm³/mol. The van der Waals surface area contributed by atoms with Crippen molar-refractivity contribution in [1.29, 1.82) is 0 Å². The molecule has 9 heteroatoms. The Kier molecular flexibility index (Phi) is 3.85. The van der Waals surface area contributed by atoms with Crippen LogP contribution in [0.25, 0.3) is 0 Å². The highest BCUT2D eigenvalue weighted by Gasteiger charge is 2.38. The molecule has 6 nitrogen and oxygen atoms in total. The second-order valence-electron chi connectivity index (χ2n) is 4.26. The van der Waals surface area contributed by atoms with Crippen molar-refractivity contribution in [2.24, 2.45) is 0 Å². The lowest BCUT2D eigenvalue weighted by molar-refractivity contribution is 0.0572. The monoisotopic (exact) mass is 354 g/mol. The molecule has 1 aliphatic heterocycles. The van der Waals surface area contributed by atoms with Gasteiger partial charge in [-0.05, 0) is 28.1 Å². The highest BCUT2D eigenvalue weighted by Crippen LogP contribution is 2.29. The molecular weight excluding hydrogens is 343 g/mol. The molecule has 0 aromatic heterocycles. The van der Waals surface area contributed by atoms with Crippen LogP contribution in [0.5, 0.6) is 0 Å². The van der Waals surface area contributed by atoms with E-state index in [9.17, 15) is 23.0 Å². The van der Waals surface area contributed by atoms with Crippen LogP contribution in [0.2, 0.25) is 0 Å². The molecule has 2 rings (SSSR count). The standard InChI is InChI=1S/C10H12BrFN2O4S/c11-5-1-6(12)10(2-7(5)13)19(17,18)14-3-8(15)9(16)4-14/h1-2,8-9,15-16H,3-4,13H2. The van der Waals surface area contributed by atoms with Crippen LogP contribution in [0.15, 0.2) is 21.5 Å². The second-order valence-corrected chi connectivity index (χ2v) is 7.02. The molecule has 0 spiro atoms. The molecule has 19 heavy (non-hydrogen) atoms. The van der Waals surface area contributed by atoms with Crippen LogP contribution in [-0.4, -0.2) is 48.2 Å². The van der Waals surface area contributed by atoms with Crippen LogP contribution in [0.3, 0.4) is 0 Å². The average Bonchev–Trinajstić information content (AvgIpc) is 2.65. The molecule has 1 aliphatic rings. The molecule has 0 radical (unpaired) electrons. The number of β-amino-alcohol motifs (C(OH)–C–C–N with tert-alkyl or cyclic N) is 2. The summed E-state index contributed by atoms with van der Waals surface area (Å²) >= 11 is 3.00. The lowest BCUT2D eigenvalue weighted by Gasteiger charge is -2.16. The van der Waals surface area contributed by atoms with Crippen LogP contribution in [0, 0.1) is 5.82 Å². The normalized spacial score (nSPS) is 24.8. The average molecular weight is 355 g/mol. The SMILES string of the molecule is Nc1cc(S(=O)(=O)N2CC(O)C(O)C2)c(F)cc1Br. The van der Waals surface area contributed by atoms with E-state index in [0.717, 1.165) is 16.4 Å². The maximum absolute atomic E-state index is 13.8. The quantitative estimate of drug-likeness (QED) is 0.643. The number of nitrogens with zero attached hydrogens (tertiary/aromatic N) is 1. The fraction of sp³-hybridized carbons (Fsp3) is 0.400. The van der Waals surface area contributed by atoms with Gasteiger partial charge in [0.2, 0.25) is 10.0 Å². The summed E-state index contributed by atoms with van der Waals surface area (Å²) in [4.78, 5) is -0.575. The van der Waals surface area contributed by atoms with Gasteiger partial charge >= 0.3 is 0 Å². The van der Waals surface area contributed by atoms with Crippen molar-refractivity contribution in [3.63, 3.8) is 0 Å². The molecule has 1 aromatic carbocycles. The fourth-order valence-electron chi connectivity index (χ4n) is 1.81. The number of sulfonamides is 1. The zero-order valence-electron chi connectivity index (χ0n) is 9.62. The highest BCUT2D eigenvalue weighted by molar-refractivity contribution is 9.10. The summed E-state index contributed by atoms with van der Waals surface area (Å²) in [5.41, 5.74) is 5.63. The Labute approximate surface area is 117 Å². The molecule has 1 aromatic rings. The van der Waals surface area contributed by atoms with E-state index < -0.39 is 32.9 Å². The van der Waals surface area contributed by atoms with Gasteiger partial charge in [-0.15, -0.1) is 0 Å². The third kappa shape index (κ3) is 2.61. The Balaban J connectivity index is 2.43. The minimum Gasteiger partial charge on any atom is -0.398 e. The van der Waals surface area contributed by atoms with Crippen molar-refractivity contribution in [3.8, 4) is 0 Å². The van der Waals surface area contributed by atoms with Gasteiger partial charge in [0.15, 0.2) is 0 Å². The molecule has 0 aliphatic carbocycles. The third-order valence-corrected chi connectivity index (χ3v) is 5.43. The molecule has 1 heterocycles. The molecular formula is C10H12BrFN2O4S. The number of anilines is 1. The van der Waals surface area contributed by atoms with Gasteiger partial charge in [-0.2, -0.15) is 4.31 Å². The molecule has 0 amide bonds. The summed E-state index contributed by atoms with van der Waals surface area (Å²) in [7, 11) is -4.14. The molecule has 106 valence electrons. The first-order valence-electron chi connectivity index (χ1n) is 5.34. The number of halogens is 2. The van der Waals surface area contributed by atoms with Gasteiger partial charge in [0.25, 0.3) is 0 Å². The minimum atomic E-state index is -4.14. The first kappa shape index (κ1) is 14.7. The Hall–Kier alpha value is -0.740. The fourth-order valence-corrected chi connectivity index (χ4v) is 3.69. The van der Waals surface area contributed by atoms with Gasteiger partial charge in [-0.25, -0.2) is 12.8 Å². The number of aliphatic hydroxyl groups is 2. The Morgan fingerprint density at radius 2 is 1.84 bits per heavy atom. The number of hydrogen-bond acceptors (Lipinski definition) is 5. The molecule has 2 unspecified atom stereocenters. The van der Waals surface area contributed by atoms with Gasteiger partial charge in [0.05, 0.1) is 12.2 Å². The Morgan fingerprint density at radius 1 is 1.32 bits per heavy atom. The van der Waals surface area contributed by atoms with E-state index in [-0.39, 0.29) is 23.2 Å². The number of nitrogens with two attached hydrogens (primary N) is 1. The molecule has 1 fully saturated rings. The van der Waals surface area contributed by atoms with E-state index in [1.165, 1.54) is 0 Å². The molecule has 2 atom stereocenters.